The Balaban J connectivity index is 2.32. The molecule has 120 valence electrons. The van der Waals surface area contributed by atoms with Crippen LogP contribution in [0.4, 0.5) is 24.7 Å². The van der Waals surface area contributed by atoms with E-state index in [0.29, 0.717) is 0 Å². The van der Waals surface area contributed by atoms with Crippen molar-refractivity contribution < 1.29 is 28.0 Å². The number of hydrogen-bond donors (Lipinski definition) is 2. The van der Waals surface area contributed by atoms with Crippen LogP contribution in [0.2, 0.25) is 0 Å². The van der Waals surface area contributed by atoms with Crippen LogP contribution in [0, 0.1) is 10.1 Å². The first kappa shape index (κ1) is 16.2. The van der Waals surface area contributed by atoms with E-state index in [4.69, 9.17) is 0 Å². The number of carbonyl (C=O) groups excluding carboxylic acids is 1. The number of amides is 1. The van der Waals surface area contributed by atoms with Gasteiger partial charge in [0.05, 0.1) is 22.1 Å². The van der Waals surface area contributed by atoms with E-state index in [9.17, 15) is 33.2 Å². The molecular weight excluding hydrogens is 319 g/mol. The van der Waals surface area contributed by atoms with E-state index in [-0.39, 0.29) is 0 Å². The first-order valence-electron chi connectivity index (χ1n) is 6.01. The van der Waals surface area contributed by atoms with E-state index in [0.717, 1.165) is 30.5 Å². The number of benzene rings is 1. The second-order valence-corrected chi connectivity index (χ2v) is 4.32. The minimum atomic E-state index is -4.74. The van der Waals surface area contributed by atoms with Gasteiger partial charge in [-0.3, -0.25) is 14.9 Å². The standard InChI is InChI=1S/C13H8F3N3O4/c14-13(15,16)9-4-2-1-3-8(9)12(21)18-11-10(20)5-7(6-17-11)19(22)23/h1-6,20H,(H,17,18,21). The van der Waals surface area contributed by atoms with Crippen LogP contribution in [0.15, 0.2) is 36.5 Å². The first-order chi connectivity index (χ1) is 10.7. The number of nitrogens with zero attached hydrogens (tertiary/aromatic N) is 2. The van der Waals surface area contributed by atoms with Crippen molar-refractivity contribution >= 4 is 17.4 Å². The number of anilines is 1. The zero-order valence-electron chi connectivity index (χ0n) is 11.2. The smallest absolute Gasteiger partial charge is 0.417 e. The Morgan fingerprint density at radius 1 is 1.30 bits per heavy atom. The van der Waals surface area contributed by atoms with Crippen LogP contribution >= 0.6 is 0 Å². The summed E-state index contributed by atoms with van der Waals surface area (Å²) in [5.74, 6) is -2.39. The minimum Gasteiger partial charge on any atom is -0.504 e. The summed E-state index contributed by atoms with van der Waals surface area (Å²) in [7, 11) is 0. The van der Waals surface area contributed by atoms with Gasteiger partial charge < -0.3 is 10.4 Å². The van der Waals surface area contributed by atoms with Gasteiger partial charge in [-0.25, -0.2) is 4.98 Å². The number of aromatic nitrogens is 1. The van der Waals surface area contributed by atoms with Crippen molar-refractivity contribution in [1.29, 1.82) is 0 Å². The van der Waals surface area contributed by atoms with Gasteiger partial charge in [0.25, 0.3) is 11.6 Å². The van der Waals surface area contributed by atoms with Crippen LogP contribution in [0.25, 0.3) is 0 Å². The predicted molar refractivity (Wildman–Crippen MR) is 72.0 cm³/mol. The van der Waals surface area contributed by atoms with Gasteiger partial charge in [-0.2, -0.15) is 13.2 Å². The van der Waals surface area contributed by atoms with Crippen LogP contribution in [-0.2, 0) is 6.18 Å². The Morgan fingerprint density at radius 3 is 2.52 bits per heavy atom. The van der Waals surface area contributed by atoms with Gasteiger partial charge in [0.2, 0.25) is 0 Å². The average Bonchev–Trinajstić information content (AvgIpc) is 2.48. The lowest BCUT2D eigenvalue weighted by Crippen LogP contribution is -2.19. The van der Waals surface area contributed by atoms with E-state index in [2.05, 4.69) is 4.98 Å². The molecule has 0 saturated heterocycles. The molecule has 2 N–H and O–H groups in total. The van der Waals surface area contributed by atoms with Gasteiger partial charge in [0, 0.05) is 0 Å². The molecular formula is C13H8F3N3O4. The van der Waals surface area contributed by atoms with E-state index < -0.39 is 45.4 Å². The average molecular weight is 327 g/mol. The van der Waals surface area contributed by atoms with Crippen LogP contribution in [0.1, 0.15) is 15.9 Å². The highest BCUT2D eigenvalue weighted by atomic mass is 19.4. The second kappa shape index (κ2) is 5.91. The van der Waals surface area contributed by atoms with E-state index in [1.54, 1.807) is 0 Å². The highest BCUT2D eigenvalue weighted by molar-refractivity contribution is 6.05. The third kappa shape index (κ3) is 3.54. The summed E-state index contributed by atoms with van der Waals surface area (Å²) in [4.78, 5) is 25.1. The van der Waals surface area contributed by atoms with Crippen molar-refractivity contribution in [3.63, 3.8) is 0 Å². The molecule has 1 heterocycles. The first-order valence-corrected chi connectivity index (χ1v) is 6.01. The Bertz CT molecular complexity index is 777. The SMILES string of the molecule is O=C(Nc1ncc([N+](=O)[O-])cc1O)c1ccccc1C(F)(F)F. The number of alkyl halides is 3. The minimum absolute atomic E-state index is 0.488. The molecule has 0 bridgehead atoms. The van der Waals surface area contributed by atoms with Gasteiger partial charge >= 0.3 is 6.18 Å². The zero-order chi connectivity index (χ0) is 17.2. The number of aromatic hydroxyl groups is 1. The van der Waals surface area contributed by atoms with Crippen molar-refractivity contribution in [1.82, 2.24) is 4.98 Å². The highest BCUT2D eigenvalue weighted by Gasteiger charge is 2.35. The van der Waals surface area contributed by atoms with Gasteiger partial charge in [0.1, 0.15) is 6.20 Å². The number of nitro groups is 1. The van der Waals surface area contributed by atoms with Crippen LogP contribution in [0.5, 0.6) is 5.75 Å². The van der Waals surface area contributed by atoms with Crippen LogP contribution < -0.4 is 5.32 Å². The molecule has 0 aliphatic carbocycles. The summed E-state index contributed by atoms with van der Waals surface area (Å²) >= 11 is 0. The topological polar surface area (TPSA) is 105 Å². The Hall–Kier alpha value is -3.17. The fourth-order valence-electron chi connectivity index (χ4n) is 1.74. The molecule has 2 aromatic rings. The molecule has 0 unspecified atom stereocenters. The maximum Gasteiger partial charge on any atom is 0.417 e. The van der Waals surface area contributed by atoms with Gasteiger partial charge in [0.15, 0.2) is 11.6 Å². The third-order valence-electron chi connectivity index (χ3n) is 2.77. The van der Waals surface area contributed by atoms with Crippen LogP contribution in [-0.4, -0.2) is 20.9 Å². The molecule has 0 aliphatic rings. The van der Waals surface area contributed by atoms with Crippen molar-refractivity contribution in [2.24, 2.45) is 0 Å². The summed E-state index contributed by atoms with van der Waals surface area (Å²) < 4.78 is 38.5. The van der Waals surface area contributed by atoms with E-state index in [1.807, 2.05) is 5.32 Å². The lowest BCUT2D eigenvalue weighted by Gasteiger charge is -2.12. The maximum absolute atomic E-state index is 12.8. The van der Waals surface area contributed by atoms with Gasteiger partial charge in [-0.15, -0.1) is 0 Å². The number of nitrogens with one attached hydrogen (secondary N) is 1. The molecule has 0 radical (unpaired) electrons. The zero-order valence-corrected chi connectivity index (χ0v) is 11.2. The molecule has 2 rings (SSSR count). The normalized spacial score (nSPS) is 11.1. The summed E-state index contributed by atoms with van der Waals surface area (Å²) in [5.41, 5.74) is -2.35. The molecule has 10 heteroatoms. The lowest BCUT2D eigenvalue weighted by atomic mass is 10.1. The largest absolute Gasteiger partial charge is 0.504 e. The Morgan fingerprint density at radius 2 is 1.96 bits per heavy atom. The third-order valence-corrected chi connectivity index (χ3v) is 2.77. The van der Waals surface area contributed by atoms with E-state index >= 15 is 0 Å². The fourth-order valence-corrected chi connectivity index (χ4v) is 1.74. The summed E-state index contributed by atoms with van der Waals surface area (Å²) in [6, 6.07) is 4.78. The molecule has 1 aromatic heterocycles. The summed E-state index contributed by atoms with van der Waals surface area (Å²) in [6.07, 6.45) is -3.98. The van der Waals surface area contributed by atoms with Gasteiger partial charge in [-0.1, -0.05) is 12.1 Å². The fraction of sp³-hybridized carbons (Fsp3) is 0.0769. The van der Waals surface area contributed by atoms with Crippen molar-refractivity contribution in [3.05, 3.63) is 57.8 Å². The van der Waals surface area contributed by atoms with Crippen LogP contribution in [0.3, 0.4) is 0 Å². The van der Waals surface area contributed by atoms with Crippen molar-refractivity contribution in [2.45, 2.75) is 6.18 Å². The quantitative estimate of drug-likeness (QED) is 0.666. The molecule has 0 aliphatic heterocycles. The molecule has 0 saturated carbocycles. The number of rotatable bonds is 3. The van der Waals surface area contributed by atoms with Crippen molar-refractivity contribution in [3.8, 4) is 5.75 Å². The maximum atomic E-state index is 12.8. The lowest BCUT2D eigenvalue weighted by molar-refractivity contribution is -0.385. The highest BCUT2D eigenvalue weighted by Crippen LogP contribution is 2.32. The molecule has 1 amide bonds. The number of halogens is 3. The number of pyridine rings is 1. The molecule has 0 atom stereocenters. The van der Waals surface area contributed by atoms with Crippen molar-refractivity contribution in [2.75, 3.05) is 5.32 Å². The molecule has 23 heavy (non-hydrogen) atoms. The summed E-state index contributed by atoms with van der Waals surface area (Å²) in [6.45, 7) is 0. The number of carbonyl (C=O) groups is 1. The Kier molecular flexibility index (Phi) is 4.16. The number of hydrogen-bond acceptors (Lipinski definition) is 5. The molecule has 7 nitrogen and oxygen atoms in total. The van der Waals surface area contributed by atoms with E-state index in [1.165, 1.54) is 6.07 Å². The monoisotopic (exact) mass is 327 g/mol. The molecule has 0 fully saturated rings. The summed E-state index contributed by atoms with van der Waals surface area (Å²) in [5, 5.41) is 22.0. The molecule has 1 aromatic carbocycles. The Labute approximate surface area is 126 Å². The molecule has 0 spiro atoms. The second-order valence-electron chi connectivity index (χ2n) is 4.32. The predicted octanol–water partition coefficient (Wildman–Crippen LogP) is 2.97. The van der Waals surface area contributed by atoms with Gasteiger partial charge in [-0.05, 0) is 12.1 Å².